The second-order valence-corrected chi connectivity index (χ2v) is 4.71. The number of hydrogen-bond acceptors (Lipinski definition) is 4. The van der Waals surface area contributed by atoms with Gasteiger partial charge in [0.1, 0.15) is 6.04 Å². The molecule has 0 aliphatic carbocycles. The van der Waals surface area contributed by atoms with Gasteiger partial charge in [0.05, 0.1) is 6.42 Å². The van der Waals surface area contributed by atoms with Crippen molar-refractivity contribution in [1.29, 1.82) is 0 Å². The third kappa shape index (κ3) is 4.96. The lowest BCUT2D eigenvalue weighted by Gasteiger charge is -2.20. The summed E-state index contributed by atoms with van der Waals surface area (Å²) in [6.45, 7) is 0.328. The van der Waals surface area contributed by atoms with Crippen LogP contribution in [0, 0.1) is 0 Å². The fourth-order valence-electron chi connectivity index (χ4n) is 1.36. The standard InChI is InChI=1S/C11H14N2O5S/c1-13(5-7-2-3-19-6-7)11(18)12-8(10(16)17)4-9(14)15/h2-3,6,8H,4-5H2,1H3,(H,12,18)(H,14,15)(H,16,17)/t8-/m0/s1. The van der Waals surface area contributed by atoms with E-state index in [1.54, 1.807) is 0 Å². The van der Waals surface area contributed by atoms with Gasteiger partial charge in [-0.1, -0.05) is 0 Å². The molecule has 0 aliphatic heterocycles. The lowest BCUT2D eigenvalue weighted by molar-refractivity contribution is -0.145. The Hall–Kier alpha value is -2.09. The molecule has 19 heavy (non-hydrogen) atoms. The minimum Gasteiger partial charge on any atom is -0.481 e. The highest BCUT2D eigenvalue weighted by atomic mass is 32.1. The minimum atomic E-state index is -1.44. The Bertz CT molecular complexity index is 460. The molecule has 0 fully saturated rings. The van der Waals surface area contributed by atoms with Gasteiger partial charge in [-0.05, 0) is 22.4 Å². The zero-order valence-corrected chi connectivity index (χ0v) is 11.0. The van der Waals surface area contributed by atoms with Gasteiger partial charge in [-0.2, -0.15) is 11.3 Å². The highest BCUT2D eigenvalue weighted by Crippen LogP contribution is 2.08. The van der Waals surface area contributed by atoms with Crippen molar-refractivity contribution in [2.75, 3.05) is 7.05 Å². The van der Waals surface area contributed by atoms with Crippen molar-refractivity contribution >= 4 is 29.3 Å². The number of hydrogen-bond donors (Lipinski definition) is 3. The van der Waals surface area contributed by atoms with Crippen molar-refractivity contribution in [2.24, 2.45) is 0 Å². The number of rotatable bonds is 6. The van der Waals surface area contributed by atoms with E-state index in [4.69, 9.17) is 10.2 Å². The van der Waals surface area contributed by atoms with Crippen LogP contribution in [0.4, 0.5) is 4.79 Å². The van der Waals surface area contributed by atoms with Crippen LogP contribution in [0.3, 0.4) is 0 Å². The van der Waals surface area contributed by atoms with Crippen LogP contribution in [0.5, 0.6) is 0 Å². The average molecular weight is 286 g/mol. The molecule has 0 aromatic carbocycles. The summed E-state index contributed by atoms with van der Waals surface area (Å²) in [5.74, 6) is -2.66. The van der Waals surface area contributed by atoms with Crippen LogP contribution in [-0.4, -0.2) is 46.2 Å². The monoisotopic (exact) mass is 286 g/mol. The highest BCUT2D eigenvalue weighted by molar-refractivity contribution is 7.07. The molecule has 2 amide bonds. The molecule has 0 aliphatic rings. The number of thiophene rings is 1. The molecule has 0 saturated heterocycles. The quantitative estimate of drug-likeness (QED) is 0.717. The van der Waals surface area contributed by atoms with Crippen LogP contribution >= 0.6 is 11.3 Å². The molecular formula is C11H14N2O5S. The molecule has 0 spiro atoms. The first kappa shape index (κ1) is 15.0. The fraction of sp³-hybridized carbons (Fsp3) is 0.364. The number of nitrogens with zero attached hydrogens (tertiary/aromatic N) is 1. The number of urea groups is 1. The summed E-state index contributed by atoms with van der Waals surface area (Å²) < 4.78 is 0. The fourth-order valence-corrected chi connectivity index (χ4v) is 2.02. The Kier molecular flexibility index (Phi) is 5.31. The van der Waals surface area contributed by atoms with Gasteiger partial charge in [-0.15, -0.1) is 0 Å². The third-order valence-electron chi connectivity index (χ3n) is 2.32. The van der Waals surface area contributed by atoms with Gasteiger partial charge >= 0.3 is 18.0 Å². The molecule has 8 heteroatoms. The van der Waals surface area contributed by atoms with Gasteiger partial charge in [0.15, 0.2) is 0 Å². The van der Waals surface area contributed by atoms with E-state index in [0.29, 0.717) is 6.54 Å². The Balaban J connectivity index is 2.56. The Labute approximate surface area is 113 Å². The third-order valence-corrected chi connectivity index (χ3v) is 3.05. The topological polar surface area (TPSA) is 107 Å². The maximum Gasteiger partial charge on any atom is 0.326 e. The predicted octanol–water partition coefficient (Wildman–Crippen LogP) is 0.817. The summed E-state index contributed by atoms with van der Waals surface area (Å²) in [6, 6.07) is -0.213. The number of aliphatic carboxylic acids is 2. The molecule has 0 unspecified atom stereocenters. The van der Waals surface area contributed by atoms with Crippen molar-refractivity contribution in [3.63, 3.8) is 0 Å². The lowest BCUT2D eigenvalue weighted by atomic mass is 10.2. The number of nitrogens with one attached hydrogen (secondary N) is 1. The van der Waals surface area contributed by atoms with E-state index in [1.165, 1.54) is 23.3 Å². The number of carboxylic acids is 2. The summed E-state index contributed by atoms with van der Waals surface area (Å²) >= 11 is 1.49. The van der Waals surface area contributed by atoms with E-state index in [0.717, 1.165) is 5.56 Å². The molecule has 0 saturated carbocycles. The molecule has 0 bridgehead atoms. The van der Waals surface area contributed by atoms with Crippen molar-refractivity contribution in [2.45, 2.75) is 19.0 Å². The van der Waals surface area contributed by atoms with Gasteiger partial charge < -0.3 is 20.4 Å². The van der Waals surface area contributed by atoms with Crippen LogP contribution in [0.15, 0.2) is 16.8 Å². The van der Waals surface area contributed by atoms with Crippen LogP contribution in [0.1, 0.15) is 12.0 Å². The molecule has 1 aromatic rings. The van der Waals surface area contributed by atoms with E-state index in [2.05, 4.69) is 5.32 Å². The summed E-state index contributed by atoms with van der Waals surface area (Å²) in [6.07, 6.45) is -0.659. The molecule has 1 heterocycles. The molecule has 7 nitrogen and oxygen atoms in total. The molecule has 0 radical (unpaired) electrons. The molecular weight excluding hydrogens is 272 g/mol. The average Bonchev–Trinajstić information content (AvgIpc) is 2.79. The second-order valence-electron chi connectivity index (χ2n) is 3.93. The van der Waals surface area contributed by atoms with E-state index >= 15 is 0 Å². The van der Waals surface area contributed by atoms with E-state index in [9.17, 15) is 14.4 Å². The molecule has 1 aromatic heterocycles. The van der Waals surface area contributed by atoms with Crippen molar-refractivity contribution in [3.8, 4) is 0 Å². The predicted molar refractivity (Wildman–Crippen MR) is 68.0 cm³/mol. The largest absolute Gasteiger partial charge is 0.481 e. The summed E-state index contributed by atoms with van der Waals surface area (Å²) in [7, 11) is 1.51. The maximum absolute atomic E-state index is 11.7. The van der Waals surface area contributed by atoms with Gasteiger partial charge in [0.25, 0.3) is 0 Å². The number of carbonyl (C=O) groups excluding carboxylic acids is 1. The number of amides is 2. The Morgan fingerprint density at radius 1 is 1.42 bits per heavy atom. The molecule has 3 N–H and O–H groups in total. The van der Waals surface area contributed by atoms with Crippen molar-refractivity contribution in [1.82, 2.24) is 10.2 Å². The van der Waals surface area contributed by atoms with Gasteiger partial charge in [0.2, 0.25) is 0 Å². The molecule has 104 valence electrons. The SMILES string of the molecule is CN(Cc1ccsc1)C(=O)N[C@@H](CC(=O)O)C(=O)O. The van der Waals surface area contributed by atoms with E-state index < -0.39 is 30.4 Å². The first-order valence-corrected chi connectivity index (χ1v) is 6.31. The van der Waals surface area contributed by atoms with Gasteiger partial charge in [-0.25, -0.2) is 9.59 Å². The van der Waals surface area contributed by atoms with Gasteiger partial charge in [-0.3, -0.25) is 4.79 Å². The first-order chi connectivity index (χ1) is 8.90. The Morgan fingerprint density at radius 2 is 2.11 bits per heavy atom. The smallest absolute Gasteiger partial charge is 0.326 e. The second kappa shape index (κ2) is 6.74. The van der Waals surface area contributed by atoms with Crippen LogP contribution < -0.4 is 5.32 Å². The van der Waals surface area contributed by atoms with Crippen molar-refractivity contribution < 1.29 is 24.6 Å². The van der Waals surface area contributed by atoms with Crippen LogP contribution in [0.2, 0.25) is 0 Å². The van der Waals surface area contributed by atoms with Crippen molar-refractivity contribution in [3.05, 3.63) is 22.4 Å². The number of carbonyl (C=O) groups is 3. The van der Waals surface area contributed by atoms with Crippen LogP contribution in [-0.2, 0) is 16.1 Å². The zero-order chi connectivity index (χ0) is 14.4. The maximum atomic E-state index is 11.7. The lowest BCUT2D eigenvalue weighted by Crippen LogP contribution is -2.47. The number of carboxylic acid groups (broad SMARTS) is 2. The summed E-state index contributed by atoms with van der Waals surface area (Å²) in [4.78, 5) is 34.3. The van der Waals surface area contributed by atoms with E-state index in [1.807, 2.05) is 16.8 Å². The van der Waals surface area contributed by atoms with E-state index in [-0.39, 0.29) is 0 Å². The van der Waals surface area contributed by atoms with Gasteiger partial charge in [0, 0.05) is 13.6 Å². The summed E-state index contributed by atoms with van der Waals surface area (Å²) in [5, 5.41) is 23.3. The molecule has 1 rings (SSSR count). The highest BCUT2D eigenvalue weighted by Gasteiger charge is 2.24. The zero-order valence-electron chi connectivity index (χ0n) is 10.2. The minimum absolute atomic E-state index is 0.328. The Morgan fingerprint density at radius 3 is 2.58 bits per heavy atom. The molecule has 1 atom stereocenters. The first-order valence-electron chi connectivity index (χ1n) is 5.37. The summed E-state index contributed by atoms with van der Waals surface area (Å²) in [5.41, 5.74) is 0.924. The normalized spacial score (nSPS) is 11.6. The van der Waals surface area contributed by atoms with Crippen LogP contribution in [0.25, 0.3) is 0 Å².